The van der Waals surface area contributed by atoms with E-state index in [2.05, 4.69) is 26.6 Å². The number of carbonyl (C=O) groups is 4. The first-order valence-electron chi connectivity index (χ1n) is 9.17. The molecule has 0 atom stereocenters. The zero-order valence-corrected chi connectivity index (χ0v) is 16.5. The molecule has 2 N–H and O–H groups in total. The summed E-state index contributed by atoms with van der Waals surface area (Å²) < 4.78 is 0.697. The Morgan fingerprint density at radius 1 is 1.00 bits per heavy atom. The van der Waals surface area contributed by atoms with Crippen molar-refractivity contribution in [1.29, 1.82) is 0 Å². The van der Waals surface area contributed by atoms with Gasteiger partial charge in [0.05, 0.1) is 11.1 Å². The monoisotopic (exact) mass is 435 g/mol. The predicted octanol–water partition coefficient (Wildman–Crippen LogP) is 1.86. The van der Waals surface area contributed by atoms with Gasteiger partial charge in [-0.05, 0) is 31.0 Å². The smallest absolute Gasteiger partial charge is 0.262 e. The van der Waals surface area contributed by atoms with Crippen LogP contribution < -0.4 is 10.6 Å². The average Bonchev–Trinajstić information content (AvgIpc) is 2.90. The van der Waals surface area contributed by atoms with Gasteiger partial charge in [-0.1, -0.05) is 35.2 Å². The van der Waals surface area contributed by atoms with Crippen LogP contribution in [0, 0.1) is 5.92 Å². The number of rotatable bonds is 6. The van der Waals surface area contributed by atoms with Crippen molar-refractivity contribution in [3.63, 3.8) is 0 Å². The largest absolute Gasteiger partial charge is 0.354 e. The summed E-state index contributed by atoms with van der Waals surface area (Å²) in [5, 5.41) is 5.47. The Morgan fingerprint density at radius 3 is 2.41 bits per heavy atom. The first kappa shape index (κ1) is 19.5. The first-order valence-corrected chi connectivity index (χ1v) is 9.97. The number of carbonyl (C=O) groups excluding carboxylic acids is 4. The Kier molecular flexibility index (Phi) is 6.26. The molecule has 0 aromatic heterocycles. The van der Waals surface area contributed by atoms with Gasteiger partial charge in [0.1, 0.15) is 6.54 Å². The minimum atomic E-state index is -0.475. The van der Waals surface area contributed by atoms with E-state index < -0.39 is 17.7 Å². The van der Waals surface area contributed by atoms with Gasteiger partial charge in [0.25, 0.3) is 11.8 Å². The van der Waals surface area contributed by atoms with Crippen LogP contribution in [0.15, 0.2) is 22.7 Å². The van der Waals surface area contributed by atoms with Crippen LogP contribution in [-0.2, 0) is 9.59 Å². The van der Waals surface area contributed by atoms with Gasteiger partial charge in [0.2, 0.25) is 11.8 Å². The molecule has 1 fully saturated rings. The summed E-state index contributed by atoms with van der Waals surface area (Å²) in [6.07, 6.45) is 5.22. The Hall–Kier alpha value is -2.22. The Morgan fingerprint density at radius 2 is 1.67 bits per heavy atom. The SMILES string of the molecule is O=C(CN1C(=O)c2ccc(Br)cc2C1=O)NCCNC(=O)C1CCCCC1. The summed E-state index contributed by atoms with van der Waals surface area (Å²) in [4.78, 5) is 49.7. The third-order valence-corrected chi connectivity index (χ3v) is 5.45. The van der Waals surface area contributed by atoms with E-state index in [-0.39, 0.29) is 24.9 Å². The lowest BCUT2D eigenvalue weighted by atomic mass is 9.89. The van der Waals surface area contributed by atoms with Gasteiger partial charge in [0, 0.05) is 23.5 Å². The fourth-order valence-electron chi connectivity index (χ4n) is 3.50. The number of benzene rings is 1. The summed E-state index contributed by atoms with van der Waals surface area (Å²) >= 11 is 3.27. The van der Waals surface area contributed by atoms with E-state index in [1.807, 2.05) is 0 Å². The van der Waals surface area contributed by atoms with Gasteiger partial charge in [0.15, 0.2) is 0 Å². The third-order valence-electron chi connectivity index (χ3n) is 4.96. The zero-order chi connectivity index (χ0) is 19.4. The van der Waals surface area contributed by atoms with E-state index >= 15 is 0 Å². The van der Waals surface area contributed by atoms with E-state index in [0.29, 0.717) is 22.1 Å². The van der Waals surface area contributed by atoms with E-state index in [1.165, 1.54) is 6.42 Å². The number of imide groups is 1. The summed E-state index contributed by atoms with van der Waals surface area (Å²) in [5.74, 6) is -1.27. The number of halogens is 1. The Balaban J connectivity index is 1.43. The molecule has 1 aromatic carbocycles. The van der Waals surface area contributed by atoms with Crippen LogP contribution in [0.4, 0.5) is 0 Å². The van der Waals surface area contributed by atoms with Crippen molar-refractivity contribution in [3.8, 4) is 0 Å². The molecule has 1 heterocycles. The third kappa shape index (κ3) is 4.55. The lowest BCUT2D eigenvalue weighted by molar-refractivity contribution is -0.126. The molecule has 1 aliphatic carbocycles. The molecule has 27 heavy (non-hydrogen) atoms. The predicted molar refractivity (Wildman–Crippen MR) is 102 cm³/mol. The molecule has 8 heteroatoms. The van der Waals surface area contributed by atoms with Gasteiger partial charge in [-0.25, -0.2) is 0 Å². The van der Waals surface area contributed by atoms with Crippen molar-refractivity contribution in [2.24, 2.45) is 5.92 Å². The molecule has 0 bridgehead atoms. The highest BCUT2D eigenvalue weighted by atomic mass is 79.9. The molecule has 1 saturated carbocycles. The number of hydrogen-bond acceptors (Lipinski definition) is 4. The lowest BCUT2D eigenvalue weighted by Gasteiger charge is -2.20. The van der Waals surface area contributed by atoms with Crippen molar-refractivity contribution >= 4 is 39.6 Å². The summed E-state index contributed by atoms with van der Waals surface area (Å²) in [7, 11) is 0. The van der Waals surface area contributed by atoms with E-state index in [9.17, 15) is 19.2 Å². The number of nitrogens with zero attached hydrogens (tertiary/aromatic N) is 1. The maximum atomic E-state index is 12.3. The van der Waals surface area contributed by atoms with Crippen molar-refractivity contribution in [1.82, 2.24) is 15.5 Å². The van der Waals surface area contributed by atoms with Gasteiger partial charge in [-0.3, -0.25) is 24.1 Å². The van der Waals surface area contributed by atoms with Crippen molar-refractivity contribution in [2.45, 2.75) is 32.1 Å². The molecular weight excluding hydrogens is 414 g/mol. The molecular formula is C19H22BrN3O4. The minimum Gasteiger partial charge on any atom is -0.354 e. The van der Waals surface area contributed by atoms with E-state index in [1.54, 1.807) is 18.2 Å². The molecule has 0 spiro atoms. The normalized spacial score (nSPS) is 17.0. The van der Waals surface area contributed by atoms with Gasteiger partial charge in [-0.15, -0.1) is 0 Å². The topological polar surface area (TPSA) is 95.6 Å². The second-order valence-corrected chi connectivity index (χ2v) is 7.78. The summed E-state index contributed by atoms with van der Waals surface area (Å²) in [5.41, 5.74) is 0.595. The van der Waals surface area contributed by atoms with Crippen LogP contribution in [0.2, 0.25) is 0 Å². The fraction of sp³-hybridized carbons (Fsp3) is 0.474. The second-order valence-electron chi connectivity index (χ2n) is 6.86. The summed E-state index contributed by atoms with van der Waals surface area (Å²) in [6, 6.07) is 4.83. The molecule has 1 aromatic rings. The van der Waals surface area contributed by atoms with Crippen LogP contribution in [0.25, 0.3) is 0 Å². The highest BCUT2D eigenvalue weighted by Crippen LogP contribution is 2.26. The number of amides is 4. The van der Waals surface area contributed by atoms with Gasteiger partial charge < -0.3 is 10.6 Å². The van der Waals surface area contributed by atoms with Crippen LogP contribution in [-0.4, -0.2) is 48.2 Å². The standard InChI is InChI=1S/C19H22BrN3O4/c20-13-6-7-14-15(10-13)19(27)23(18(14)26)11-16(24)21-8-9-22-17(25)12-4-2-1-3-5-12/h6-7,10,12H,1-5,8-9,11H2,(H,21,24)(H,22,25). The average molecular weight is 436 g/mol. The van der Waals surface area contributed by atoms with E-state index in [0.717, 1.165) is 30.6 Å². The van der Waals surface area contributed by atoms with Crippen molar-refractivity contribution < 1.29 is 19.2 Å². The number of hydrogen-bond donors (Lipinski definition) is 2. The molecule has 144 valence electrons. The zero-order valence-electron chi connectivity index (χ0n) is 14.9. The highest BCUT2D eigenvalue weighted by molar-refractivity contribution is 9.10. The molecule has 7 nitrogen and oxygen atoms in total. The van der Waals surface area contributed by atoms with Crippen molar-refractivity contribution in [3.05, 3.63) is 33.8 Å². The maximum Gasteiger partial charge on any atom is 0.262 e. The second kappa shape index (κ2) is 8.65. The number of fused-ring (bicyclic) bond motifs is 1. The van der Waals surface area contributed by atoms with Crippen LogP contribution >= 0.6 is 15.9 Å². The highest BCUT2D eigenvalue weighted by Gasteiger charge is 2.36. The van der Waals surface area contributed by atoms with Crippen molar-refractivity contribution in [2.75, 3.05) is 19.6 Å². The molecule has 2 aliphatic rings. The van der Waals surface area contributed by atoms with Gasteiger partial charge in [-0.2, -0.15) is 0 Å². The van der Waals surface area contributed by atoms with Crippen LogP contribution in [0.1, 0.15) is 52.8 Å². The lowest BCUT2D eigenvalue weighted by Crippen LogP contribution is -2.43. The Bertz CT molecular complexity index is 774. The van der Waals surface area contributed by atoms with Crippen LogP contribution in [0.5, 0.6) is 0 Å². The van der Waals surface area contributed by atoms with Gasteiger partial charge >= 0.3 is 0 Å². The number of nitrogens with one attached hydrogen (secondary N) is 2. The molecule has 0 unspecified atom stereocenters. The first-order chi connectivity index (χ1) is 13.0. The Labute approximate surface area is 166 Å². The maximum absolute atomic E-state index is 12.3. The van der Waals surface area contributed by atoms with Crippen LogP contribution in [0.3, 0.4) is 0 Å². The molecule has 3 rings (SSSR count). The molecule has 0 radical (unpaired) electrons. The molecule has 0 saturated heterocycles. The van der Waals surface area contributed by atoms with E-state index in [4.69, 9.17) is 0 Å². The quantitative estimate of drug-likeness (QED) is 0.526. The summed E-state index contributed by atoms with van der Waals surface area (Å²) in [6.45, 7) is 0.253. The minimum absolute atomic E-state index is 0.0369. The molecule has 4 amide bonds. The fourth-order valence-corrected chi connectivity index (χ4v) is 3.86. The molecule has 1 aliphatic heterocycles.